The number of amides is 2. The highest BCUT2D eigenvalue weighted by atomic mass is 32.2. The summed E-state index contributed by atoms with van der Waals surface area (Å²) < 4.78 is 26.6. The van der Waals surface area contributed by atoms with E-state index in [0.29, 0.717) is 18.5 Å². The first-order valence-corrected chi connectivity index (χ1v) is 10.9. The van der Waals surface area contributed by atoms with Crippen molar-refractivity contribution >= 4 is 32.6 Å². The number of nitrogens with zero attached hydrogens (tertiary/aromatic N) is 2. The quantitative estimate of drug-likeness (QED) is 0.486. The second-order valence-electron chi connectivity index (χ2n) is 6.47. The molecule has 0 aliphatic heterocycles. The van der Waals surface area contributed by atoms with E-state index in [0.717, 1.165) is 0 Å². The fourth-order valence-corrected chi connectivity index (χ4v) is 4.55. The Morgan fingerprint density at radius 1 is 0.968 bits per heavy atom. The fourth-order valence-electron chi connectivity index (χ4n) is 3.04. The van der Waals surface area contributed by atoms with Crippen molar-refractivity contribution in [1.29, 1.82) is 0 Å². The molecular formula is C20H21N5O5S. The number of sulfonamides is 1. The maximum atomic E-state index is 12.7. The number of aromatic nitrogens is 2. The van der Waals surface area contributed by atoms with Crippen molar-refractivity contribution in [2.75, 3.05) is 13.1 Å². The van der Waals surface area contributed by atoms with Crippen molar-refractivity contribution in [2.45, 2.75) is 18.7 Å². The normalized spacial score (nSPS) is 11.5. The van der Waals surface area contributed by atoms with Gasteiger partial charge < -0.3 is 0 Å². The summed E-state index contributed by atoms with van der Waals surface area (Å²) in [6.07, 6.45) is 0. The van der Waals surface area contributed by atoms with Crippen LogP contribution >= 0.6 is 0 Å². The molecule has 2 amide bonds. The van der Waals surface area contributed by atoms with Crippen LogP contribution in [0.2, 0.25) is 0 Å². The molecule has 0 atom stereocenters. The summed E-state index contributed by atoms with van der Waals surface area (Å²) in [4.78, 5) is 36.8. The largest absolute Gasteiger partial charge is 0.290 e. The van der Waals surface area contributed by atoms with E-state index in [2.05, 4.69) is 21.0 Å². The van der Waals surface area contributed by atoms with Crippen LogP contribution in [0.3, 0.4) is 0 Å². The van der Waals surface area contributed by atoms with E-state index in [1.807, 2.05) is 0 Å². The zero-order valence-electron chi connectivity index (χ0n) is 16.9. The SMILES string of the molecule is CCN(CC)S(=O)(=O)c1cccc(C(=O)NNC(=O)c2n[nH]c(=O)c3ccccc23)c1. The molecule has 11 heteroatoms. The Morgan fingerprint density at radius 2 is 1.61 bits per heavy atom. The van der Waals surface area contributed by atoms with E-state index in [1.54, 1.807) is 38.1 Å². The first kappa shape index (κ1) is 22.1. The molecule has 0 saturated heterocycles. The molecule has 0 unspecified atom stereocenters. The van der Waals surface area contributed by atoms with Crippen molar-refractivity contribution in [1.82, 2.24) is 25.4 Å². The summed E-state index contributed by atoms with van der Waals surface area (Å²) in [6.45, 7) is 4.04. The number of rotatable bonds is 6. The number of benzene rings is 2. The first-order valence-electron chi connectivity index (χ1n) is 9.48. The van der Waals surface area contributed by atoms with Gasteiger partial charge in [-0.3, -0.25) is 25.2 Å². The zero-order chi connectivity index (χ0) is 22.6. The van der Waals surface area contributed by atoms with Crippen molar-refractivity contribution < 1.29 is 18.0 Å². The minimum absolute atomic E-state index is 0.0246. The van der Waals surface area contributed by atoms with Gasteiger partial charge in [-0.1, -0.05) is 38.1 Å². The molecule has 162 valence electrons. The Kier molecular flexibility index (Phi) is 6.47. The van der Waals surface area contributed by atoms with Gasteiger partial charge in [-0.05, 0) is 24.3 Å². The number of fused-ring (bicyclic) bond motifs is 1. The lowest BCUT2D eigenvalue weighted by atomic mass is 10.1. The number of hydrogen-bond acceptors (Lipinski definition) is 6. The molecule has 1 heterocycles. The van der Waals surface area contributed by atoms with Crippen LogP contribution in [0.4, 0.5) is 0 Å². The highest BCUT2D eigenvalue weighted by Gasteiger charge is 2.23. The lowest BCUT2D eigenvalue weighted by Crippen LogP contribution is -2.42. The number of aromatic amines is 1. The van der Waals surface area contributed by atoms with Crippen molar-refractivity contribution in [3.8, 4) is 0 Å². The van der Waals surface area contributed by atoms with Gasteiger partial charge in [0.05, 0.1) is 10.3 Å². The number of H-pyrrole nitrogens is 1. The summed E-state index contributed by atoms with van der Waals surface area (Å²) in [7, 11) is -3.74. The van der Waals surface area contributed by atoms with Crippen LogP contribution < -0.4 is 16.4 Å². The topological polar surface area (TPSA) is 141 Å². The first-order chi connectivity index (χ1) is 14.8. The number of carbonyl (C=O) groups is 2. The molecule has 0 saturated carbocycles. The molecule has 0 fully saturated rings. The van der Waals surface area contributed by atoms with Gasteiger partial charge in [0.1, 0.15) is 0 Å². The van der Waals surface area contributed by atoms with E-state index in [1.165, 1.54) is 28.6 Å². The van der Waals surface area contributed by atoms with E-state index in [9.17, 15) is 22.8 Å². The molecule has 3 aromatic rings. The summed E-state index contributed by atoms with van der Waals surface area (Å²) in [6, 6.07) is 11.9. The van der Waals surface area contributed by atoms with E-state index in [-0.39, 0.29) is 21.5 Å². The lowest BCUT2D eigenvalue weighted by molar-refractivity contribution is 0.0844. The third-order valence-corrected chi connectivity index (χ3v) is 6.69. The summed E-state index contributed by atoms with van der Waals surface area (Å²) in [5.74, 6) is -1.45. The Morgan fingerprint density at radius 3 is 2.29 bits per heavy atom. The van der Waals surface area contributed by atoms with Crippen LogP contribution in [-0.2, 0) is 10.0 Å². The maximum absolute atomic E-state index is 12.7. The zero-order valence-corrected chi connectivity index (χ0v) is 17.7. The molecule has 10 nitrogen and oxygen atoms in total. The van der Waals surface area contributed by atoms with Crippen LogP contribution in [0, 0.1) is 0 Å². The molecule has 0 radical (unpaired) electrons. The summed E-state index contributed by atoms with van der Waals surface area (Å²) in [5, 5.41) is 6.60. The fraction of sp³-hybridized carbons (Fsp3) is 0.200. The summed E-state index contributed by atoms with van der Waals surface area (Å²) >= 11 is 0. The van der Waals surface area contributed by atoms with Gasteiger partial charge >= 0.3 is 0 Å². The Bertz CT molecular complexity index is 1300. The second kappa shape index (κ2) is 9.06. The van der Waals surface area contributed by atoms with E-state index >= 15 is 0 Å². The molecule has 0 bridgehead atoms. The number of hydrazine groups is 1. The van der Waals surface area contributed by atoms with Crippen molar-refractivity contribution in [2.24, 2.45) is 0 Å². The van der Waals surface area contributed by atoms with Gasteiger partial charge in [0.2, 0.25) is 10.0 Å². The molecule has 0 spiro atoms. The number of hydrogen-bond donors (Lipinski definition) is 3. The molecule has 0 aliphatic rings. The molecule has 31 heavy (non-hydrogen) atoms. The van der Waals surface area contributed by atoms with Crippen LogP contribution in [0.1, 0.15) is 34.7 Å². The van der Waals surface area contributed by atoms with Gasteiger partial charge in [0.25, 0.3) is 17.4 Å². The highest BCUT2D eigenvalue weighted by Crippen LogP contribution is 2.17. The average Bonchev–Trinajstić information content (AvgIpc) is 2.78. The van der Waals surface area contributed by atoms with E-state index in [4.69, 9.17) is 0 Å². The maximum Gasteiger partial charge on any atom is 0.290 e. The summed E-state index contributed by atoms with van der Waals surface area (Å²) in [5.41, 5.74) is 3.99. The predicted molar refractivity (Wildman–Crippen MR) is 114 cm³/mol. The van der Waals surface area contributed by atoms with Gasteiger partial charge in [-0.2, -0.15) is 9.40 Å². The van der Waals surface area contributed by atoms with Gasteiger partial charge in [-0.15, -0.1) is 0 Å². The van der Waals surface area contributed by atoms with E-state index < -0.39 is 27.4 Å². The minimum Gasteiger partial charge on any atom is -0.267 e. The van der Waals surface area contributed by atoms with Crippen LogP contribution in [0.15, 0.2) is 58.2 Å². The van der Waals surface area contributed by atoms with Gasteiger partial charge in [0.15, 0.2) is 5.69 Å². The monoisotopic (exact) mass is 443 g/mol. The van der Waals surface area contributed by atoms with Crippen LogP contribution in [-0.4, -0.2) is 47.8 Å². The standard InChI is InChI=1S/C20H21N5O5S/c1-3-25(4-2)31(29,30)14-9-7-8-13(12-14)18(26)22-24-20(28)17-15-10-5-6-11-16(15)19(27)23-21-17/h5-12H,3-4H2,1-2H3,(H,22,26)(H,23,27)(H,24,28). The Balaban J connectivity index is 1.79. The molecule has 3 N–H and O–H groups in total. The smallest absolute Gasteiger partial charge is 0.267 e. The minimum atomic E-state index is -3.74. The highest BCUT2D eigenvalue weighted by molar-refractivity contribution is 7.89. The third kappa shape index (κ3) is 4.47. The Labute approximate surface area is 178 Å². The van der Waals surface area contributed by atoms with Gasteiger partial charge in [0, 0.05) is 24.0 Å². The van der Waals surface area contributed by atoms with Crippen LogP contribution in [0.5, 0.6) is 0 Å². The molecule has 3 rings (SSSR count). The third-order valence-electron chi connectivity index (χ3n) is 4.64. The van der Waals surface area contributed by atoms with Crippen LogP contribution in [0.25, 0.3) is 10.8 Å². The van der Waals surface area contributed by atoms with Crippen molar-refractivity contribution in [3.05, 3.63) is 70.1 Å². The average molecular weight is 443 g/mol. The number of nitrogens with one attached hydrogen (secondary N) is 3. The molecule has 1 aromatic heterocycles. The Hall–Kier alpha value is -3.57. The van der Waals surface area contributed by atoms with Gasteiger partial charge in [-0.25, -0.2) is 13.5 Å². The molecule has 0 aliphatic carbocycles. The number of carbonyl (C=O) groups excluding carboxylic acids is 2. The second-order valence-corrected chi connectivity index (χ2v) is 8.41. The lowest BCUT2D eigenvalue weighted by Gasteiger charge is -2.18. The molecule has 2 aromatic carbocycles. The molecular weight excluding hydrogens is 422 g/mol. The van der Waals surface area contributed by atoms with Crippen molar-refractivity contribution in [3.63, 3.8) is 0 Å². The predicted octanol–water partition coefficient (Wildman–Crippen LogP) is 1.03.